The van der Waals surface area contributed by atoms with Gasteiger partial charge in [0.25, 0.3) is 0 Å². The maximum atomic E-state index is 11.4. The van der Waals surface area contributed by atoms with Crippen LogP contribution in [0, 0.1) is 0 Å². The highest BCUT2D eigenvalue weighted by Crippen LogP contribution is 2.25. The van der Waals surface area contributed by atoms with E-state index in [-0.39, 0.29) is 11.5 Å². The van der Waals surface area contributed by atoms with Crippen molar-refractivity contribution in [3.8, 4) is 0 Å². The number of nitrogens with zero attached hydrogens (tertiary/aromatic N) is 1. The number of nitrogens with one attached hydrogen (secondary N) is 1. The molecule has 1 fully saturated rings. The van der Waals surface area contributed by atoms with Gasteiger partial charge in [-0.05, 0) is 45.9 Å². The number of likely N-dealkylation sites (tertiary alicyclic amines) is 1. The average Bonchev–Trinajstić information content (AvgIpc) is 2.52. The molecule has 0 bridgehead atoms. The van der Waals surface area contributed by atoms with Gasteiger partial charge in [-0.2, -0.15) is 0 Å². The Morgan fingerprint density at radius 2 is 2.19 bits per heavy atom. The summed E-state index contributed by atoms with van der Waals surface area (Å²) in [6.07, 6.45) is 3.70. The fourth-order valence-electron chi connectivity index (χ4n) is 2.43. The van der Waals surface area contributed by atoms with Crippen LogP contribution in [0.3, 0.4) is 0 Å². The van der Waals surface area contributed by atoms with Crippen molar-refractivity contribution >= 4 is 5.97 Å². The third-order valence-corrected chi connectivity index (χ3v) is 3.72. The molecule has 4 heteroatoms. The molecule has 1 N–H and O–H groups in total. The highest BCUT2D eigenvalue weighted by atomic mass is 16.5. The molecule has 1 aliphatic heterocycles. The molecule has 0 aromatic carbocycles. The standard InChI is InChI=1S/C12H24N2O2/c1-4-14-8-5-6-12(13-2,7-9-14)10-11(15)16-3/h13H,4-10H2,1-3H3. The van der Waals surface area contributed by atoms with Crippen molar-refractivity contribution in [2.45, 2.75) is 38.1 Å². The number of carbonyl (C=O) groups excluding carboxylic acids is 1. The lowest BCUT2D eigenvalue weighted by molar-refractivity contribution is -0.142. The molecular formula is C12H24N2O2. The van der Waals surface area contributed by atoms with E-state index in [1.54, 1.807) is 0 Å². The van der Waals surface area contributed by atoms with E-state index in [1.165, 1.54) is 7.11 Å². The Bertz CT molecular complexity index is 233. The normalized spacial score (nSPS) is 27.4. The maximum absolute atomic E-state index is 11.4. The first-order valence-corrected chi connectivity index (χ1v) is 6.14. The number of hydrogen-bond donors (Lipinski definition) is 1. The Labute approximate surface area is 98.3 Å². The summed E-state index contributed by atoms with van der Waals surface area (Å²) in [7, 11) is 3.41. The Morgan fingerprint density at radius 1 is 1.44 bits per heavy atom. The van der Waals surface area contributed by atoms with Crippen molar-refractivity contribution in [2.24, 2.45) is 0 Å². The lowest BCUT2D eigenvalue weighted by Crippen LogP contribution is -2.45. The quantitative estimate of drug-likeness (QED) is 0.729. The van der Waals surface area contributed by atoms with E-state index in [0.717, 1.165) is 38.9 Å². The smallest absolute Gasteiger partial charge is 0.307 e. The summed E-state index contributed by atoms with van der Waals surface area (Å²) >= 11 is 0. The third-order valence-electron chi connectivity index (χ3n) is 3.72. The number of hydrogen-bond acceptors (Lipinski definition) is 4. The molecule has 0 aromatic rings. The summed E-state index contributed by atoms with van der Waals surface area (Å²) in [5, 5.41) is 3.34. The van der Waals surface area contributed by atoms with E-state index in [9.17, 15) is 4.79 Å². The second kappa shape index (κ2) is 6.21. The first-order valence-electron chi connectivity index (χ1n) is 6.14. The molecular weight excluding hydrogens is 204 g/mol. The van der Waals surface area contributed by atoms with Gasteiger partial charge in [0.05, 0.1) is 13.5 Å². The van der Waals surface area contributed by atoms with Gasteiger partial charge in [-0.15, -0.1) is 0 Å². The second-order valence-corrected chi connectivity index (χ2v) is 4.57. The van der Waals surface area contributed by atoms with Gasteiger partial charge in [-0.3, -0.25) is 4.79 Å². The van der Waals surface area contributed by atoms with Crippen LogP contribution in [0.2, 0.25) is 0 Å². The van der Waals surface area contributed by atoms with Gasteiger partial charge in [-0.25, -0.2) is 0 Å². The van der Waals surface area contributed by atoms with Crippen LogP contribution in [0.25, 0.3) is 0 Å². The minimum absolute atomic E-state index is 0.0585. The maximum Gasteiger partial charge on any atom is 0.307 e. The van der Waals surface area contributed by atoms with Crippen LogP contribution in [0.4, 0.5) is 0 Å². The molecule has 0 radical (unpaired) electrons. The van der Waals surface area contributed by atoms with Crippen molar-refractivity contribution in [3.63, 3.8) is 0 Å². The Balaban J connectivity index is 2.61. The fourth-order valence-corrected chi connectivity index (χ4v) is 2.43. The average molecular weight is 228 g/mol. The van der Waals surface area contributed by atoms with Crippen molar-refractivity contribution in [1.82, 2.24) is 10.2 Å². The molecule has 94 valence electrons. The van der Waals surface area contributed by atoms with Gasteiger partial charge in [0.15, 0.2) is 0 Å². The lowest BCUT2D eigenvalue weighted by Gasteiger charge is -2.31. The third kappa shape index (κ3) is 3.46. The minimum Gasteiger partial charge on any atom is -0.469 e. The van der Waals surface area contributed by atoms with Crippen molar-refractivity contribution in [3.05, 3.63) is 0 Å². The summed E-state index contributed by atoms with van der Waals surface area (Å²) < 4.78 is 4.78. The van der Waals surface area contributed by atoms with E-state index < -0.39 is 0 Å². The minimum atomic E-state index is -0.112. The zero-order chi connectivity index (χ0) is 12.0. The molecule has 1 heterocycles. The number of carbonyl (C=O) groups is 1. The topological polar surface area (TPSA) is 41.6 Å². The van der Waals surface area contributed by atoms with E-state index in [4.69, 9.17) is 4.74 Å². The molecule has 0 aromatic heterocycles. The predicted molar refractivity (Wildman–Crippen MR) is 64.4 cm³/mol. The van der Waals surface area contributed by atoms with E-state index >= 15 is 0 Å². The first-order chi connectivity index (χ1) is 7.65. The van der Waals surface area contributed by atoms with E-state index in [0.29, 0.717) is 6.42 Å². The molecule has 1 atom stereocenters. The van der Waals surface area contributed by atoms with Crippen LogP contribution in [0.5, 0.6) is 0 Å². The molecule has 0 saturated carbocycles. The van der Waals surface area contributed by atoms with Crippen LogP contribution in [-0.4, -0.2) is 50.2 Å². The zero-order valence-electron chi connectivity index (χ0n) is 10.7. The second-order valence-electron chi connectivity index (χ2n) is 4.57. The molecule has 16 heavy (non-hydrogen) atoms. The largest absolute Gasteiger partial charge is 0.469 e. The molecule has 1 aliphatic rings. The molecule has 1 unspecified atom stereocenters. The number of esters is 1. The molecule has 0 aliphatic carbocycles. The lowest BCUT2D eigenvalue weighted by atomic mass is 9.87. The van der Waals surface area contributed by atoms with Crippen molar-refractivity contribution < 1.29 is 9.53 Å². The fraction of sp³-hybridized carbons (Fsp3) is 0.917. The van der Waals surface area contributed by atoms with Crippen molar-refractivity contribution in [1.29, 1.82) is 0 Å². The Morgan fingerprint density at radius 3 is 2.75 bits per heavy atom. The Hall–Kier alpha value is -0.610. The SMILES string of the molecule is CCN1CCCC(CC(=O)OC)(NC)CC1. The zero-order valence-corrected chi connectivity index (χ0v) is 10.7. The van der Waals surface area contributed by atoms with Crippen LogP contribution in [-0.2, 0) is 9.53 Å². The molecule has 1 saturated heterocycles. The number of methoxy groups -OCH3 is 1. The first kappa shape index (κ1) is 13.5. The van der Waals surface area contributed by atoms with Gasteiger partial charge in [-0.1, -0.05) is 6.92 Å². The number of rotatable bonds is 4. The molecule has 0 spiro atoms. The van der Waals surface area contributed by atoms with Crippen molar-refractivity contribution in [2.75, 3.05) is 33.8 Å². The molecule has 1 rings (SSSR count). The van der Waals surface area contributed by atoms with Gasteiger partial charge >= 0.3 is 5.97 Å². The Kier molecular flexibility index (Phi) is 5.22. The molecule has 0 amide bonds. The summed E-state index contributed by atoms with van der Waals surface area (Å²) in [4.78, 5) is 13.9. The van der Waals surface area contributed by atoms with Crippen LogP contribution in [0.15, 0.2) is 0 Å². The predicted octanol–water partition coefficient (Wildman–Crippen LogP) is 1.01. The summed E-state index contributed by atoms with van der Waals surface area (Å²) in [6.45, 7) is 5.49. The highest BCUT2D eigenvalue weighted by Gasteiger charge is 2.33. The molecule has 4 nitrogen and oxygen atoms in total. The van der Waals surface area contributed by atoms with Gasteiger partial charge in [0.1, 0.15) is 0 Å². The van der Waals surface area contributed by atoms with Gasteiger partial charge in [0, 0.05) is 5.54 Å². The van der Waals surface area contributed by atoms with Crippen LogP contribution < -0.4 is 5.32 Å². The monoisotopic (exact) mass is 228 g/mol. The van der Waals surface area contributed by atoms with Crippen LogP contribution in [0.1, 0.15) is 32.6 Å². The number of ether oxygens (including phenoxy) is 1. The highest BCUT2D eigenvalue weighted by molar-refractivity contribution is 5.70. The summed E-state index contributed by atoms with van der Waals surface area (Å²) in [5.74, 6) is -0.112. The van der Waals surface area contributed by atoms with E-state index in [2.05, 4.69) is 17.1 Å². The van der Waals surface area contributed by atoms with Gasteiger partial charge in [0.2, 0.25) is 0 Å². The summed E-state index contributed by atoms with van der Waals surface area (Å²) in [5.41, 5.74) is -0.0585. The van der Waals surface area contributed by atoms with Crippen LogP contribution >= 0.6 is 0 Å². The van der Waals surface area contributed by atoms with Gasteiger partial charge < -0.3 is 15.0 Å². The van der Waals surface area contributed by atoms with E-state index in [1.807, 2.05) is 7.05 Å². The summed E-state index contributed by atoms with van der Waals surface area (Å²) in [6, 6.07) is 0.